The lowest BCUT2D eigenvalue weighted by Gasteiger charge is -2.37. The number of ether oxygens (including phenoxy) is 1. The second kappa shape index (κ2) is 6.31. The molecule has 0 bridgehead atoms. The number of nitrogens with zero attached hydrogens (tertiary/aromatic N) is 3. The van der Waals surface area contributed by atoms with E-state index in [9.17, 15) is 0 Å². The van der Waals surface area contributed by atoms with Crippen LogP contribution in [0, 0.1) is 0 Å². The smallest absolute Gasteiger partial charge is 0.193 e. The molecule has 1 heterocycles. The Kier molecular flexibility index (Phi) is 4.49. The molecule has 0 radical (unpaired) electrons. The van der Waals surface area contributed by atoms with Crippen LogP contribution in [0.2, 0.25) is 0 Å². The predicted octanol–water partition coefficient (Wildman–Crippen LogP) is 1.02. The van der Waals surface area contributed by atoms with E-state index in [4.69, 9.17) is 4.74 Å². The van der Waals surface area contributed by atoms with Crippen LogP contribution in [0.4, 0.5) is 5.69 Å². The van der Waals surface area contributed by atoms with Crippen LogP contribution in [0.5, 0.6) is 5.75 Å². The molecular weight excluding hydrogens is 240 g/mol. The summed E-state index contributed by atoms with van der Waals surface area (Å²) in [6.45, 7) is 3.87. The Morgan fingerprint density at radius 1 is 1.21 bits per heavy atom. The lowest BCUT2D eigenvalue weighted by atomic mass is 10.2. The first-order valence-electron chi connectivity index (χ1n) is 6.57. The fraction of sp³-hybridized carbons (Fsp3) is 0.500. The average Bonchev–Trinajstić information content (AvgIpc) is 2.49. The van der Waals surface area contributed by atoms with Gasteiger partial charge in [-0.05, 0) is 12.1 Å². The van der Waals surface area contributed by atoms with Crippen molar-refractivity contribution in [3.05, 3.63) is 24.3 Å². The Bertz CT molecular complexity index is 439. The monoisotopic (exact) mass is 262 g/mol. The molecule has 0 atom stereocenters. The first-order chi connectivity index (χ1) is 9.30. The van der Waals surface area contributed by atoms with Crippen LogP contribution in [0.15, 0.2) is 29.3 Å². The summed E-state index contributed by atoms with van der Waals surface area (Å²) < 4.78 is 5.42. The molecule has 0 amide bonds. The van der Waals surface area contributed by atoms with Crippen LogP contribution in [-0.4, -0.2) is 58.2 Å². The van der Waals surface area contributed by atoms with Gasteiger partial charge in [-0.25, -0.2) is 0 Å². The number of anilines is 1. The van der Waals surface area contributed by atoms with Crippen LogP contribution < -0.4 is 15.0 Å². The first-order valence-corrected chi connectivity index (χ1v) is 6.57. The molecule has 2 rings (SSSR count). The van der Waals surface area contributed by atoms with Gasteiger partial charge in [0, 0.05) is 40.3 Å². The highest BCUT2D eigenvalue weighted by Gasteiger charge is 2.20. The summed E-state index contributed by atoms with van der Waals surface area (Å²) >= 11 is 0. The third kappa shape index (κ3) is 2.92. The van der Waals surface area contributed by atoms with Gasteiger partial charge in [-0.2, -0.15) is 0 Å². The molecule has 5 heteroatoms. The zero-order valence-electron chi connectivity index (χ0n) is 11.9. The summed E-state index contributed by atoms with van der Waals surface area (Å²) in [6, 6.07) is 8.17. The van der Waals surface area contributed by atoms with E-state index in [1.807, 2.05) is 26.2 Å². The molecular formula is C14H22N4O. The van der Waals surface area contributed by atoms with Crippen molar-refractivity contribution in [3.63, 3.8) is 0 Å². The van der Waals surface area contributed by atoms with Crippen molar-refractivity contribution < 1.29 is 4.74 Å². The van der Waals surface area contributed by atoms with Gasteiger partial charge in [-0.3, -0.25) is 4.99 Å². The Morgan fingerprint density at radius 2 is 1.89 bits per heavy atom. The number of benzene rings is 1. The second-order valence-corrected chi connectivity index (χ2v) is 4.44. The van der Waals surface area contributed by atoms with Crippen LogP contribution in [0.1, 0.15) is 0 Å². The molecule has 1 saturated heterocycles. The summed E-state index contributed by atoms with van der Waals surface area (Å²) in [4.78, 5) is 8.88. The Morgan fingerprint density at radius 3 is 2.47 bits per heavy atom. The number of guanidine groups is 1. The van der Waals surface area contributed by atoms with Crippen molar-refractivity contribution in [2.45, 2.75) is 0 Å². The zero-order valence-corrected chi connectivity index (χ0v) is 11.9. The van der Waals surface area contributed by atoms with Gasteiger partial charge in [-0.1, -0.05) is 12.1 Å². The highest BCUT2D eigenvalue weighted by molar-refractivity contribution is 5.79. The summed E-state index contributed by atoms with van der Waals surface area (Å²) in [5.41, 5.74) is 1.17. The van der Waals surface area contributed by atoms with Gasteiger partial charge in [0.1, 0.15) is 5.75 Å². The van der Waals surface area contributed by atoms with Gasteiger partial charge < -0.3 is 19.9 Å². The number of para-hydroxylation sites is 2. The van der Waals surface area contributed by atoms with Crippen molar-refractivity contribution in [3.8, 4) is 5.75 Å². The molecule has 1 aliphatic rings. The number of rotatable bonds is 2. The van der Waals surface area contributed by atoms with Crippen LogP contribution in [-0.2, 0) is 0 Å². The lowest BCUT2D eigenvalue weighted by Crippen LogP contribution is -2.52. The van der Waals surface area contributed by atoms with Crippen molar-refractivity contribution in [2.24, 2.45) is 4.99 Å². The first kappa shape index (κ1) is 13.5. The van der Waals surface area contributed by atoms with Gasteiger partial charge in [0.15, 0.2) is 5.96 Å². The lowest BCUT2D eigenvalue weighted by molar-refractivity contribution is 0.369. The average molecular weight is 262 g/mol. The van der Waals surface area contributed by atoms with E-state index in [1.165, 1.54) is 5.69 Å². The molecule has 104 valence electrons. The number of hydrogen-bond acceptors (Lipinski definition) is 3. The van der Waals surface area contributed by atoms with Gasteiger partial charge in [-0.15, -0.1) is 0 Å². The Hall–Kier alpha value is -1.91. The molecule has 0 unspecified atom stereocenters. The number of hydrogen-bond donors (Lipinski definition) is 1. The molecule has 0 aliphatic carbocycles. The van der Waals surface area contributed by atoms with Crippen molar-refractivity contribution in [1.82, 2.24) is 10.2 Å². The molecule has 1 aromatic rings. The zero-order chi connectivity index (χ0) is 13.7. The minimum Gasteiger partial charge on any atom is -0.495 e. The van der Waals surface area contributed by atoms with E-state index in [-0.39, 0.29) is 0 Å². The molecule has 1 fully saturated rings. The molecule has 1 N–H and O–H groups in total. The minimum atomic E-state index is 0.939. The van der Waals surface area contributed by atoms with Crippen LogP contribution >= 0.6 is 0 Å². The van der Waals surface area contributed by atoms with Crippen molar-refractivity contribution >= 4 is 11.6 Å². The maximum Gasteiger partial charge on any atom is 0.193 e. The number of methoxy groups -OCH3 is 1. The molecule has 0 saturated carbocycles. The standard InChI is InChI=1S/C14H22N4O/c1-15-14(16-2)18-10-8-17(9-11-18)12-6-4-5-7-13(12)19-3/h4-7H,8-11H2,1-3H3,(H,15,16). The summed E-state index contributed by atoms with van der Waals surface area (Å²) in [5.74, 6) is 1.90. The third-order valence-corrected chi connectivity index (χ3v) is 3.44. The molecule has 1 aliphatic heterocycles. The van der Waals surface area contributed by atoms with E-state index in [1.54, 1.807) is 7.11 Å². The topological polar surface area (TPSA) is 40.1 Å². The van der Waals surface area contributed by atoms with E-state index < -0.39 is 0 Å². The fourth-order valence-corrected chi connectivity index (χ4v) is 2.46. The van der Waals surface area contributed by atoms with Crippen LogP contribution in [0.25, 0.3) is 0 Å². The Balaban J connectivity index is 2.04. The van der Waals surface area contributed by atoms with Gasteiger partial charge >= 0.3 is 0 Å². The third-order valence-electron chi connectivity index (χ3n) is 3.44. The van der Waals surface area contributed by atoms with Gasteiger partial charge in [0.2, 0.25) is 0 Å². The quantitative estimate of drug-likeness (QED) is 0.638. The van der Waals surface area contributed by atoms with E-state index in [2.05, 4.69) is 32.2 Å². The van der Waals surface area contributed by atoms with Gasteiger partial charge in [0.05, 0.1) is 12.8 Å². The van der Waals surface area contributed by atoms with E-state index in [0.717, 1.165) is 37.9 Å². The largest absolute Gasteiger partial charge is 0.495 e. The summed E-state index contributed by atoms with van der Waals surface area (Å²) in [6.07, 6.45) is 0. The van der Waals surface area contributed by atoms with E-state index >= 15 is 0 Å². The van der Waals surface area contributed by atoms with E-state index in [0.29, 0.717) is 0 Å². The number of aliphatic imine (C=N–C) groups is 1. The van der Waals surface area contributed by atoms with Crippen molar-refractivity contribution in [1.29, 1.82) is 0 Å². The van der Waals surface area contributed by atoms with Gasteiger partial charge in [0.25, 0.3) is 0 Å². The highest BCUT2D eigenvalue weighted by Crippen LogP contribution is 2.28. The predicted molar refractivity (Wildman–Crippen MR) is 79.2 cm³/mol. The normalized spacial score (nSPS) is 16.5. The SMILES string of the molecule is CN=C(NC)N1CCN(c2ccccc2OC)CC1. The molecule has 1 aromatic carbocycles. The number of piperazine rings is 1. The molecule has 5 nitrogen and oxygen atoms in total. The number of nitrogens with one attached hydrogen (secondary N) is 1. The summed E-state index contributed by atoms with van der Waals surface area (Å²) in [5, 5.41) is 3.13. The molecule has 0 spiro atoms. The second-order valence-electron chi connectivity index (χ2n) is 4.44. The molecule has 19 heavy (non-hydrogen) atoms. The fourth-order valence-electron chi connectivity index (χ4n) is 2.46. The van der Waals surface area contributed by atoms with Crippen molar-refractivity contribution in [2.75, 3.05) is 52.3 Å². The summed E-state index contributed by atoms with van der Waals surface area (Å²) in [7, 11) is 5.45. The Labute approximate surface area is 114 Å². The molecule has 0 aromatic heterocycles. The highest BCUT2D eigenvalue weighted by atomic mass is 16.5. The van der Waals surface area contributed by atoms with Crippen LogP contribution in [0.3, 0.4) is 0 Å². The maximum atomic E-state index is 5.42. The minimum absolute atomic E-state index is 0.939. The maximum absolute atomic E-state index is 5.42.